The van der Waals surface area contributed by atoms with Crippen LogP contribution >= 0.6 is 0 Å². The minimum Gasteiger partial charge on any atom is -0.349 e. The SMILES string of the molecule is CC[C@H](NC(=O)CCCN1C(=O)c2ccccc2S1(=O)=O)c1ccc(C)cc1. The number of sulfonamides is 1. The van der Waals surface area contributed by atoms with E-state index in [1.165, 1.54) is 12.1 Å². The average molecular weight is 401 g/mol. The van der Waals surface area contributed by atoms with E-state index in [1.807, 2.05) is 38.1 Å². The lowest BCUT2D eigenvalue weighted by Crippen LogP contribution is -2.33. The van der Waals surface area contributed by atoms with Crippen LogP contribution in [0, 0.1) is 6.92 Å². The largest absolute Gasteiger partial charge is 0.349 e. The van der Waals surface area contributed by atoms with Crippen LogP contribution in [0.25, 0.3) is 0 Å². The molecule has 0 fully saturated rings. The summed E-state index contributed by atoms with van der Waals surface area (Å²) in [7, 11) is -3.82. The van der Waals surface area contributed by atoms with Gasteiger partial charge in [0.25, 0.3) is 15.9 Å². The van der Waals surface area contributed by atoms with Crippen molar-refractivity contribution in [1.29, 1.82) is 0 Å². The van der Waals surface area contributed by atoms with E-state index in [1.54, 1.807) is 12.1 Å². The summed E-state index contributed by atoms with van der Waals surface area (Å²) in [5.74, 6) is -0.684. The van der Waals surface area contributed by atoms with Crippen LogP contribution in [0.3, 0.4) is 0 Å². The van der Waals surface area contributed by atoms with Gasteiger partial charge in [-0.25, -0.2) is 12.7 Å². The van der Waals surface area contributed by atoms with E-state index in [-0.39, 0.29) is 41.8 Å². The first-order valence-electron chi connectivity index (χ1n) is 9.36. The van der Waals surface area contributed by atoms with E-state index in [9.17, 15) is 18.0 Å². The second-order valence-electron chi connectivity index (χ2n) is 6.92. The van der Waals surface area contributed by atoms with Crippen molar-refractivity contribution in [2.45, 2.75) is 44.0 Å². The zero-order valence-corrected chi connectivity index (χ0v) is 16.8. The van der Waals surface area contributed by atoms with Crippen LogP contribution < -0.4 is 5.32 Å². The van der Waals surface area contributed by atoms with Crippen LogP contribution in [0.5, 0.6) is 0 Å². The summed E-state index contributed by atoms with van der Waals surface area (Å²) in [5.41, 5.74) is 2.38. The van der Waals surface area contributed by atoms with Crippen LogP contribution in [-0.4, -0.2) is 31.1 Å². The molecule has 2 amide bonds. The zero-order chi connectivity index (χ0) is 20.3. The summed E-state index contributed by atoms with van der Waals surface area (Å²) >= 11 is 0. The second-order valence-corrected chi connectivity index (χ2v) is 8.75. The summed E-state index contributed by atoms with van der Waals surface area (Å²) in [6.45, 7) is 4.00. The first kappa shape index (κ1) is 20.1. The molecule has 1 N–H and O–H groups in total. The number of carbonyl (C=O) groups excluding carboxylic acids is 2. The highest BCUT2D eigenvalue weighted by Gasteiger charge is 2.40. The van der Waals surface area contributed by atoms with Gasteiger partial charge < -0.3 is 5.32 Å². The lowest BCUT2D eigenvalue weighted by molar-refractivity contribution is -0.122. The minimum absolute atomic E-state index is 0.00934. The molecule has 0 aromatic heterocycles. The molecule has 0 spiro atoms. The lowest BCUT2D eigenvalue weighted by Gasteiger charge is -2.19. The Kier molecular flexibility index (Phi) is 5.84. The van der Waals surface area contributed by atoms with Crippen LogP contribution in [0.1, 0.15) is 53.7 Å². The molecule has 0 bridgehead atoms. The van der Waals surface area contributed by atoms with Crippen LogP contribution in [0.15, 0.2) is 53.4 Å². The number of aryl methyl sites for hydroxylation is 1. The van der Waals surface area contributed by atoms with E-state index >= 15 is 0 Å². The van der Waals surface area contributed by atoms with Gasteiger partial charge in [0.2, 0.25) is 5.91 Å². The van der Waals surface area contributed by atoms with Crippen molar-refractivity contribution in [2.24, 2.45) is 0 Å². The molecule has 0 saturated heterocycles. The maximum Gasteiger partial charge on any atom is 0.269 e. The third-order valence-corrected chi connectivity index (χ3v) is 6.74. The highest BCUT2D eigenvalue weighted by Crippen LogP contribution is 2.30. The van der Waals surface area contributed by atoms with Crippen molar-refractivity contribution in [3.63, 3.8) is 0 Å². The van der Waals surface area contributed by atoms with Crippen molar-refractivity contribution in [2.75, 3.05) is 6.54 Å². The van der Waals surface area contributed by atoms with Gasteiger partial charge in [0.1, 0.15) is 4.90 Å². The number of hydrogen-bond acceptors (Lipinski definition) is 4. The minimum atomic E-state index is -3.82. The Morgan fingerprint density at radius 3 is 2.43 bits per heavy atom. The molecule has 0 aliphatic carbocycles. The first-order valence-corrected chi connectivity index (χ1v) is 10.8. The molecule has 2 aromatic rings. The number of rotatable bonds is 7. The Hall–Kier alpha value is -2.67. The molecule has 2 aromatic carbocycles. The molecule has 0 saturated carbocycles. The number of fused-ring (bicyclic) bond motifs is 1. The van der Waals surface area contributed by atoms with Gasteiger partial charge in [-0.05, 0) is 37.5 Å². The number of nitrogens with one attached hydrogen (secondary N) is 1. The molecule has 1 aliphatic rings. The van der Waals surface area contributed by atoms with Crippen molar-refractivity contribution in [3.05, 3.63) is 65.2 Å². The van der Waals surface area contributed by atoms with Gasteiger partial charge in [-0.15, -0.1) is 0 Å². The maximum absolute atomic E-state index is 12.5. The molecule has 1 heterocycles. The Labute approximate surface area is 165 Å². The number of benzene rings is 2. The molecule has 7 heteroatoms. The Morgan fingerprint density at radius 2 is 1.79 bits per heavy atom. The van der Waals surface area contributed by atoms with Gasteiger partial charge in [0, 0.05) is 13.0 Å². The molecule has 3 rings (SSSR count). The molecular formula is C21H24N2O4S. The van der Waals surface area contributed by atoms with Crippen molar-refractivity contribution >= 4 is 21.8 Å². The highest BCUT2D eigenvalue weighted by molar-refractivity contribution is 7.90. The highest BCUT2D eigenvalue weighted by atomic mass is 32.2. The van der Waals surface area contributed by atoms with Gasteiger partial charge in [-0.2, -0.15) is 0 Å². The summed E-state index contributed by atoms with van der Waals surface area (Å²) in [6.07, 6.45) is 1.18. The zero-order valence-electron chi connectivity index (χ0n) is 16.0. The standard InChI is InChI=1S/C21H24N2O4S/c1-3-18(16-12-10-15(2)11-13-16)22-20(24)9-6-14-23-21(25)17-7-4-5-8-19(17)28(23,26)27/h4-5,7-8,10-13,18H,3,6,9,14H2,1-2H3,(H,22,24)/t18-/m0/s1. The second kappa shape index (κ2) is 8.14. The Balaban J connectivity index is 1.57. The van der Waals surface area contributed by atoms with Crippen molar-refractivity contribution < 1.29 is 18.0 Å². The van der Waals surface area contributed by atoms with Crippen molar-refractivity contribution in [3.8, 4) is 0 Å². The number of amides is 2. The summed E-state index contributed by atoms with van der Waals surface area (Å²) in [5, 5.41) is 2.99. The predicted octanol–water partition coefficient (Wildman–Crippen LogP) is 3.19. The van der Waals surface area contributed by atoms with E-state index in [0.29, 0.717) is 0 Å². The van der Waals surface area contributed by atoms with Gasteiger partial charge in [0.05, 0.1) is 11.6 Å². The summed E-state index contributed by atoms with van der Waals surface area (Å²) < 4.78 is 25.9. The quantitative estimate of drug-likeness (QED) is 0.774. The third kappa shape index (κ3) is 3.94. The van der Waals surface area contributed by atoms with Crippen LogP contribution in [-0.2, 0) is 14.8 Å². The first-order chi connectivity index (χ1) is 13.3. The van der Waals surface area contributed by atoms with Gasteiger partial charge >= 0.3 is 0 Å². The van der Waals surface area contributed by atoms with Crippen LogP contribution in [0.4, 0.5) is 0 Å². The fourth-order valence-corrected chi connectivity index (χ4v) is 4.93. The third-order valence-electron chi connectivity index (χ3n) is 4.90. The number of carbonyl (C=O) groups is 2. The van der Waals surface area contributed by atoms with Crippen molar-refractivity contribution in [1.82, 2.24) is 9.62 Å². The fraction of sp³-hybridized carbons (Fsp3) is 0.333. The van der Waals surface area contributed by atoms with Gasteiger partial charge in [-0.3, -0.25) is 9.59 Å². The molecular weight excluding hydrogens is 376 g/mol. The monoisotopic (exact) mass is 400 g/mol. The molecule has 0 radical (unpaired) electrons. The summed E-state index contributed by atoms with van der Waals surface area (Å²) in [4.78, 5) is 24.7. The molecule has 0 unspecified atom stereocenters. The van der Waals surface area contributed by atoms with E-state index in [2.05, 4.69) is 5.32 Å². The number of nitrogens with zero attached hydrogens (tertiary/aromatic N) is 1. The van der Waals surface area contributed by atoms with Gasteiger partial charge in [-0.1, -0.05) is 48.9 Å². The topological polar surface area (TPSA) is 83.6 Å². The van der Waals surface area contributed by atoms with E-state index in [4.69, 9.17) is 0 Å². The summed E-state index contributed by atoms with van der Waals surface area (Å²) in [6, 6.07) is 14.1. The lowest BCUT2D eigenvalue weighted by atomic mass is 10.0. The Bertz CT molecular complexity index is 984. The van der Waals surface area contributed by atoms with Gasteiger partial charge in [0.15, 0.2) is 0 Å². The average Bonchev–Trinajstić information content (AvgIpc) is 2.88. The predicted molar refractivity (Wildman–Crippen MR) is 106 cm³/mol. The van der Waals surface area contributed by atoms with Crippen LogP contribution in [0.2, 0.25) is 0 Å². The molecule has 1 atom stereocenters. The molecule has 6 nitrogen and oxygen atoms in total. The Morgan fingerprint density at radius 1 is 1.11 bits per heavy atom. The van der Waals surface area contributed by atoms with E-state index < -0.39 is 15.9 Å². The molecule has 1 aliphatic heterocycles. The fourth-order valence-electron chi connectivity index (χ4n) is 3.32. The van der Waals surface area contributed by atoms with E-state index in [0.717, 1.165) is 21.9 Å². The molecule has 28 heavy (non-hydrogen) atoms. The number of hydrogen-bond donors (Lipinski definition) is 1. The maximum atomic E-state index is 12.5. The normalized spacial score (nSPS) is 15.9. The smallest absolute Gasteiger partial charge is 0.269 e. The molecule has 148 valence electrons.